The molecule has 20 heavy (non-hydrogen) atoms. The largest absolute Gasteiger partial charge is 0.491 e. The van der Waals surface area contributed by atoms with Gasteiger partial charge in [0.2, 0.25) is 0 Å². The Balaban J connectivity index is 2.62. The van der Waals surface area contributed by atoms with Crippen molar-refractivity contribution in [2.45, 2.75) is 4.90 Å². The zero-order valence-electron chi connectivity index (χ0n) is 10.7. The van der Waals surface area contributed by atoms with E-state index in [1.807, 2.05) is 0 Å². The summed E-state index contributed by atoms with van der Waals surface area (Å²) in [4.78, 5) is -0.377. The monoisotopic (exact) mass is 418 g/mol. The predicted molar refractivity (Wildman–Crippen MR) is 77.9 cm³/mol. The molecule has 1 aromatic rings. The smallest absolute Gasteiger partial charge is 0.295 e. The molecule has 0 heterocycles. The fraction of sp³-hybridized carbons (Fsp3) is 0.455. The Kier molecular flexibility index (Phi) is 7.51. The van der Waals surface area contributed by atoms with Gasteiger partial charge in [-0.2, -0.15) is 8.42 Å². The molecule has 0 aliphatic carbocycles. The van der Waals surface area contributed by atoms with Gasteiger partial charge < -0.3 is 14.2 Å². The van der Waals surface area contributed by atoms with Crippen LogP contribution in [0.1, 0.15) is 0 Å². The van der Waals surface area contributed by atoms with Gasteiger partial charge in [-0.05, 0) is 12.1 Å². The molecule has 0 aliphatic heterocycles. The third kappa shape index (κ3) is 5.79. The molecule has 1 N–H and O–H groups in total. The Morgan fingerprint density at radius 2 is 1.90 bits per heavy atom. The molecule has 114 valence electrons. The first-order valence-corrected chi connectivity index (χ1v) is 8.97. The van der Waals surface area contributed by atoms with Crippen LogP contribution >= 0.6 is 21.2 Å². The van der Waals surface area contributed by atoms with E-state index in [4.69, 9.17) is 18.8 Å². The molecule has 0 saturated carbocycles. The normalized spacial score (nSPS) is 11.5. The van der Waals surface area contributed by atoms with E-state index in [-0.39, 0.29) is 20.8 Å². The molecule has 0 saturated heterocycles. The van der Waals surface area contributed by atoms with Gasteiger partial charge in [-0.15, -0.1) is 0 Å². The van der Waals surface area contributed by atoms with Crippen molar-refractivity contribution in [2.75, 3.05) is 33.5 Å². The minimum Gasteiger partial charge on any atom is -0.491 e. The number of rotatable bonds is 9. The lowest BCUT2D eigenvalue weighted by Gasteiger charge is -2.08. The van der Waals surface area contributed by atoms with Gasteiger partial charge in [-0.3, -0.25) is 7.62 Å². The van der Waals surface area contributed by atoms with E-state index in [1.165, 1.54) is 12.1 Å². The maximum Gasteiger partial charge on any atom is 0.295 e. The molecule has 0 amide bonds. The second-order valence-electron chi connectivity index (χ2n) is 3.60. The summed E-state index contributed by atoms with van der Waals surface area (Å²) in [6.45, 7) is 1.46. The van der Waals surface area contributed by atoms with E-state index in [0.717, 1.165) is 6.07 Å². The highest BCUT2D eigenvalue weighted by atomic mass is 127. The van der Waals surface area contributed by atoms with E-state index in [9.17, 15) is 11.5 Å². The summed E-state index contributed by atoms with van der Waals surface area (Å²) < 4.78 is 57.7. The van der Waals surface area contributed by atoms with Gasteiger partial charge in [0.05, 0.1) is 23.4 Å². The molecular weight excluding hydrogens is 403 g/mol. The van der Waals surface area contributed by atoms with Gasteiger partial charge in [-0.25, -0.2) is 0 Å². The lowest BCUT2D eigenvalue weighted by molar-refractivity contribution is 0.0544. The number of ether oxygens (including phenoxy) is 3. The van der Waals surface area contributed by atoms with Crippen LogP contribution < -0.4 is 4.74 Å². The molecule has 0 unspecified atom stereocenters. The number of halogens is 1. The van der Waals surface area contributed by atoms with Crippen LogP contribution in [0.25, 0.3) is 0 Å². The van der Waals surface area contributed by atoms with Crippen molar-refractivity contribution in [1.29, 1.82) is 0 Å². The van der Waals surface area contributed by atoms with Crippen LogP contribution in [-0.4, -0.2) is 46.5 Å². The molecule has 0 bridgehead atoms. The molecule has 0 atom stereocenters. The van der Waals surface area contributed by atoms with Crippen molar-refractivity contribution in [2.24, 2.45) is 0 Å². The van der Waals surface area contributed by atoms with Crippen LogP contribution in [0.4, 0.5) is 0 Å². The molecule has 0 aromatic heterocycles. The minimum absolute atomic E-state index is 0.106. The molecule has 0 spiro atoms. The molecule has 7 nitrogen and oxygen atoms in total. The molecule has 1 rings (SSSR count). The first kappa shape index (κ1) is 17.4. The standard InChI is InChI=1S/C11H15IO7S/c1-17-4-5-18-6-7-19-9-2-3-10(12-13)11(8-9)20(14,15)16/h2-3,8H,4-7H2,1H3,(H,14,15,16). The van der Waals surface area contributed by atoms with E-state index in [1.54, 1.807) is 7.11 Å². The SMILES string of the molecule is COCCOCCOc1ccc(I=O)c(S(=O)(=O)O)c1. The average molecular weight is 418 g/mol. The Labute approximate surface area is 127 Å². The highest BCUT2D eigenvalue weighted by Crippen LogP contribution is 2.25. The summed E-state index contributed by atoms with van der Waals surface area (Å²) in [6.07, 6.45) is 0. The quantitative estimate of drug-likeness (QED) is 0.368. The predicted octanol–water partition coefficient (Wildman–Crippen LogP) is 1.46. The first-order valence-electron chi connectivity index (χ1n) is 5.57. The molecule has 0 fully saturated rings. The van der Waals surface area contributed by atoms with E-state index >= 15 is 0 Å². The van der Waals surface area contributed by atoms with Gasteiger partial charge in [0.15, 0.2) is 21.2 Å². The van der Waals surface area contributed by atoms with E-state index < -0.39 is 31.3 Å². The first-order chi connectivity index (χ1) is 9.49. The highest BCUT2D eigenvalue weighted by Gasteiger charge is 2.17. The van der Waals surface area contributed by atoms with Crippen molar-refractivity contribution < 1.29 is 30.3 Å². The minimum atomic E-state index is -4.41. The van der Waals surface area contributed by atoms with Gasteiger partial charge in [0.1, 0.15) is 17.3 Å². The third-order valence-corrected chi connectivity index (χ3v) is 4.87. The summed E-state index contributed by atoms with van der Waals surface area (Å²) in [5.41, 5.74) is 0. The average Bonchev–Trinajstić information content (AvgIpc) is 2.41. The number of benzene rings is 1. The summed E-state index contributed by atoms with van der Waals surface area (Å²) in [5, 5.41) is 0. The van der Waals surface area contributed by atoms with Gasteiger partial charge in [-0.1, -0.05) is 0 Å². The number of methoxy groups -OCH3 is 1. The second kappa shape index (κ2) is 8.62. The van der Waals surface area contributed by atoms with Gasteiger partial charge >= 0.3 is 0 Å². The fourth-order valence-corrected chi connectivity index (χ4v) is 3.62. The second-order valence-corrected chi connectivity index (χ2v) is 6.59. The number of hydrogen-bond acceptors (Lipinski definition) is 6. The van der Waals surface area contributed by atoms with Crippen LogP contribution in [0.2, 0.25) is 0 Å². The van der Waals surface area contributed by atoms with E-state index in [0.29, 0.717) is 19.8 Å². The maximum atomic E-state index is 11.2. The lowest BCUT2D eigenvalue weighted by Crippen LogP contribution is -2.10. The van der Waals surface area contributed by atoms with Gasteiger partial charge in [0.25, 0.3) is 10.1 Å². The van der Waals surface area contributed by atoms with Gasteiger partial charge in [0, 0.05) is 13.2 Å². The summed E-state index contributed by atoms with van der Waals surface area (Å²) in [5.74, 6) is 0.258. The molecule has 0 radical (unpaired) electrons. The Morgan fingerprint density at radius 3 is 2.50 bits per heavy atom. The van der Waals surface area contributed by atoms with Crippen LogP contribution in [0.3, 0.4) is 0 Å². The van der Waals surface area contributed by atoms with Crippen molar-refractivity contribution in [3.8, 4) is 5.75 Å². The molecular formula is C11H15IO7S. The Morgan fingerprint density at radius 1 is 1.20 bits per heavy atom. The van der Waals surface area contributed by atoms with Crippen molar-refractivity contribution in [3.63, 3.8) is 0 Å². The van der Waals surface area contributed by atoms with Crippen molar-refractivity contribution >= 4 is 31.3 Å². The Bertz CT molecular complexity index is 544. The van der Waals surface area contributed by atoms with Crippen LogP contribution in [0.15, 0.2) is 23.1 Å². The zero-order chi connectivity index (χ0) is 15.0. The molecule has 1 aromatic carbocycles. The van der Waals surface area contributed by atoms with Crippen LogP contribution in [-0.2, 0) is 22.7 Å². The van der Waals surface area contributed by atoms with E-state index in [2.05, 4.69) is 0 Å². The fourth-order valence-electron chi connectivity index (χ4n) is 1.30. The molecule has 9 heteroatoms. The van der Waals surface area contributed by atoms with Crippen LogP contribution in [0, 0.1) is 3.57 Å². The topological polar surface area (TPSA) is 99.1 Å². The lowest BCUT2D eigenvalue weighted by atomic mass is 10.3. The van der Waals surface area contributed by atoms with Crippen LogP contribution in [0.5, 0.6) is 5.75 Å². The Hall–Kier alpha value is -0.620. The van der Waals surface area contributed by atoms with Crippen molar-refractivity contribution in [3.05, 3.63) is 21.8 Å². The highest BCUT2D eigenvalue weighted by molar-refractivity contribution is 14.1. The maximum absolute atomic E-state index is 11.2. The summed E-state index contributed by atoms with van der Waals surface area (Å²) in [6, 6.07) is 4.01. The zero-order valence-corrected chi connectivity index (χ0v) is 13.7. The third-order valence-electron chi connectivity index (χ3n) is 2.19. The summed E-state index contributed by atoms with van der Waals surface area (Å²) in [7, 11) is -2.84. The molecule has 0 aliphatic rings. The number of hydrogen-bond donors (Lipinski definition) is 1. The summed E-state index contributed by atoms with van der Waals surface area (Å²) >= 11 is -1.70. The van der Waals surface area contributed by atoms with Crippen molar-refractivity contribution in [1.82, 2.24) is 0 Å².